The van der Waals surface area contributed by atoms with E-state index in [2.05, 4.69) is 35.9 Å². The number of carbonyl (C=O) groups excluding carboxylic acids is 1. The molecule has 0 aromatic heterocycles. The minimum absolute atomic E-state index is 0.0518. The van der Waals surface area contributed by atoms with Crippen LogP contribution in [0.2, 0.25) is 0 Å². The van der Waals surface area contributed by atoms with Gasteiger partial charge in [0.1, 0.15) is 0 Å². The first kappa shape index (κ1) is 14.8. The van der Waals surface area contributed by atoms with Gasteiger partial charge in [0.25, 0.3) is 0 Å². The number of carbonyl (C=O) groups is 1. The van der Waals surface area contributed by atoms with Gasteiger partial charge in [0, 0.05) is 13.1 Å². The van der Waals surface area contributed by atoms with E-state index in [-0.39, 0.29) is 12.2 Å². The van der Waals surface area contributed by atoms with Crippen molar-refractivity contribution in [3.63, 3.8) is 0 Å². The maximum absolute atomic E-state index is 12.5. The Labute approximate surface area is 117 Å². The van der Waals surface area contributed by atoms with Gasteiger partial charge in [-0.3, -0.25) is 10.1 Å². The maximum atomic E-state index is 12.5. The molecule has 0 bridgehead atoms. The molecule has 2 unspecified atom stereocenters. The molecule has 0 aliphatic carbocycles. The smallest absolute Gasteiger partial charge is 0.241 e. The molecule has 0 radical (unpaired) electrons. The largest absolute Gasteiger partial charge is 0.324 e. The summed E-state index contributed by atoms with van der Waals surface area (Å²) in [5.74, 6) is 0.795. The van der Waals surface area contributed by atoms with Crippen LogP contribution in [-0.2, 0) is 4.79 Å². The third kappa shape index (κ3) is 3.48. The van der Waals surface area contributed by atoms with E-state index in [0.717, 1.165) is 25.9 Å². The van der Waals surface area contributed by atoms with Crippen molar-refractivity contribution in [2.75, 3.05) is 26.2 Å². The van der Waals surface area contributed by atoms with Gasteiger partial charge >= 0.3 is 0 Å². The average molecular weight is 267 g/mol. The van der Waals surface area contributed by atoms with Gasteiger partial charge in [-0.1, -0.05) is 27.2 Å². The molecule has 2 rings (SSSR count). The third-order valence-corrected chi connectivity index (χ3v) is 4.35. The zero-order chi connectivity index (χ0) is 13.8. The Kier molecular flexibility index (Phi) is 5.22. The Morgan fingerprint density at radius 1 is 1.26 bits per heavy atom. The topological polar surface area (TPSA) is 35.6 Å². The zero-order valence-corrected chi connectivity index (χ0v) is 12.7. The lowest BCUT2D eigenvalue weighted by molar-refractivity contribution is -0.130. The number of amides is 1. The van der Waals surface area contributed by atoms with Crippen LogP contribution in [0.15, 0.2) is 0 Å². The molecule has 0 aromatic rings. The molecule has 1 amide bonds. The second kappa shape index (κ2) is 6.71. The predicted molar refractivity (Wildman–Crippen MR) is 77.8 cm³/mol. The van der Waals surface area contributed by atoms with E-state index >= 15 is 0 Å². The van der Waals surface area contributed by atoms with Crippen molar-refractivity contribution < 1.29 is 4.79 Å². The van der Waals surface area contributed by atoms with Crippen molar-refractivity contribution in [2.45, 2.75) is 58.7 Å². The molecule has 2 heterocycles. The van der Waals surface area contributed by atoms with E-state index in [9.17, 15) is 4.79 Å². The number of likely N-dealkylation sites (tertiary alicyclic amines) is 1. The SMILES string of the molecule is CCCC1NC(C(C)C)N(CCN2CCCC2)C1=O. The highest BCUT2D eigenvalue weighted by Gasteiger charge is 2.39. The Hall–Kier alpha value is -0.610. The monoisotopic (exact) mass is 267 g/mol. The molecular formula is C15H29N3O. The first-order valence-electron chi connectivity index (χ1n) is 7.92. The lowest BCUT2D eigenvalue weighted by Crippen LogP contribution is -2.44. The zero-order valence-electron chi connectivity index (χ0n) is 12.7. The van der Waals surface area contributed by atoms with Gasteiger partial charge in [0.15, 0.2) is 0 Å². The minimum atomic E-state index is 0.0518. The molecule has 0 saturated carbocycles. The summed E-state index contributed by atoms with van der Waals surface area (Å²) in [4.78, 5) is 17.0. The Morgan fingerprint density at radius 2 is 1.95 bits per heavy atom. The van der Waals surface area contributed by atoms with Gasteiger partial charge in [-0.15, -0.1) is 0 Å². The van der Waals surface area contributed by atoms with Crippen molar-refractivity contribution in [3.05, 3.63) is 0 Å². The van der Waals surface area contributed by atoms with Crippen molar-refractivity contribution in [1.82, 2.24) is 15.1 Å². The van der Waals surface area contributed by atoms with Crippen LogP contribution in [-0.4, -0.2) is 54.1 Å². The van der Waals surface area contributed by atoms with E-state index in [0.29, 0.717) is 11.8 Å². The van der Waals surface area contributed by atoms with Crippen LogP contribution < -0.4 is 5.32 Å². The second-order valence-electron chi connectivity index (χ2n) is 6.28. The molecule has 2 fully saturated rings. The number of rotatable bonds is 6. The molecule has 2 atom stereocenters. The van der Waals surface area contributed by atoms with Crippen LogP contribution in [0, 0.1) is 5.92 Å². The van der Waals surface area contributed by atoms with Gasteiger partial charge in [-0.2, -0.15) is 0 Å². The molecule has 0 spiro atoms. The summed E-state index contributed by atoms with van der Waals surface area (Å²) in [7, 11) is 0. The van der Waals surface area contributed by atoms with Crippen LogP contribution in [0.5, 0.6) is 0 Å². The molecular weight excluding hydrogens is 238 g/mol. The van der Waals surface area contributed by atoms with E-state index in [4.69, 9.17) is 0 Å². The fourth-order valence-corrected chi connectivity index (χ4v) is 3.26. The van der Waals surface area contributed by atoms with Crippen LogP contribution in [0.25, 0.3) is 0 Å². The standard InChI is InChI=1S/C15H29N3O/c1-4-7-13-15(19)18(14(16-13)12(2)3)11-10-17-8-5-6-9-17/h12-14,16H,4-11H2,1-3H3. The van der Waals surface area contributed by atoms with E-state index in [1.165, 1.54) is 25.9 Å². The number of hydrogen-bond acceptors (Lipinski definition) is 3. The third-order valence-electron chi connectivity index (χ3n) is 4.35. The molecule has 1 N–H and O–H groups in total. The maximum Gasteiger partial charge on any atom is 0.241 e. The predicted octanol–water partition coefficient (Wildman–Crippen LogP) is 1.66. The summed E-state index contributed by atoms with van der Waals surface area (Å²) in [5.41, 5.74) is 0. The highest BCUT2D eigenvalue weighted by atomic mass is 16.2. The van der Waals surface area contributed by atoms with Crippen molar-refractivity contribution in [2.24, 2.45) is 5.92 Å². The van der Waals surface area contributed by atoms with E-state index < -0.39 is 0 Å². The first-order valence-corrected chi connectivity index (χ1v) is 7.92. The van der Waals surface area contributed by atoms with Crippen molar-refractivity contribution in [3.8, 4) is 0 Å². The Bertz CT molecular complexity index is 300. The van der Waals surface area contributed by atoms with E-state index in [1.807, 2.05) is 0 Å². The van der Waals surface area contributed by atoms with Gasteiger partial charge < -0.3 is 9.80 Å². The lowest BCUT2D eigenvalue weighted by Gasteiger charge is -2.29. The fraction of sp³-hybridized carbons (Fsp3) is 0.933. The minimum Gasteiger partial charge on any atom is -0.324 e. The molecule has 2 aliphatic rings. The van der Waals surface area contributed by atoms with Crippen LogP contribution >= 0.6 is 0 Å². The van der Waals surface area contributed by atoms with Gasteiger partial charge in [0.05, 0.1) is 12.2 Å². The number of nitrogens with one attached hydrogen (secondary N) is 1. The summed E-state index contributed by atoms with van der Waals surface area (Å²) in [6.07, 6.45) is 4.89. The lowest BCUT2D eigenvalue weighted by atomic mass is 10.1. The van der Waals surface area contributed by atoms with Gasteiger partial charge in [-0.25, -0.2) is 0 Å². The highest BCUT2D eigenvalue weighted by Crippen LogP contribution is 2.20. The normalized spacial score (nSPS) is 28.8. The summed E-state index contributed by atoms with van der Waals surface area (Å²) >= 11 is 0. The van der Waals surface area contributed by atoms with Crippen molar-refractivity contribution >= 4 is 5.91 Å². The second-order valence-corrected chi connectivity index (χ2v) is 6.28. The van der Waals surface area contributed by atoms with Crippen LogP contribution in [0.1, 0.15) is 46.5 Å². The van der Waals surface area contributed by atoms with Crippen LogP contribution in [0.4, 0.5) is 0 Å². The Balaban J connectivity index is 1.92. The quantitative estimate of drug-likeness (QED) is 0.795. The fourth-order valence-electron chi connectivity index (χ4n) is 3.26. The number of nitrogens with zero attached hydrogens (tertiary/aromatic N) is 2. The summed E-state index contributed by atoms with van der Waals surface area (Å²) in [5, 5.41) is 3.52. The van der Waals surface area contributed by atoms with Gasteiger partial charge in [0.2, 0.25) is 5.91 Å². The molecule has 110 valence electrons. The molecule has 4 nitrogen and oxygen atoms in total. The molecule has 2 aliphatic heterocycles. The molecule has 19 heavy (non-hydrogen) atoms. The van der Waals surface area contributed by atoms with Crippen LogP contribution in [0.3, 0.4) is 0 Å². The molecule has 2 saturated heterocycles. The Morgan fingerprint density at radius 3 is 2.53 bits per heavy atom. The summed E-state index contributed by atoms with van der Waals surface area (Å²) < 4.78 is 0. The highest BCUT2D eigenvalue weighted by molar-refractivity contribution is 5.84. The molecule has 4 heteroatoms. The number of hydrogen-bond donors (Lipinski definition) is 1. The first-order chi connectivity index (χ1) is 9.13. The summed E-state index contributed by atoms with van der Waals surface area (Å²) in [6, 6.07) is 0.0518. The summed E-state index contributed by atoms with van der Waals surface area (Å²) in [6.45, 7) is 10.9. The van der Waals surface area contributed by atoms with Gasteiger partial charge in [-0.05, 0) is 38.3 Å². The van der Waals surface area contributed by atoms with Crippen molar-refractivity contribution in [1.29, 1.82) is 0 Å². The van der Waals surface area contributed by atoms with E-state index in [1.54, 1.807) is 0 Å². The molecule has 0 aromatic carbocycles. The average Bonchev–Trinajstić information content (AvgIpc) is 2.97.